The van der Waals surface area contributed by atoms with Gasteiger partial charge in [0.05, 0.1) is 5.52 Å². The zero-order valence-corrected chi connectivity index (χ0v) is 22.0. The minimum atomic E-state index is 0.223. The van der Waals surface area contributed by atoms with Crippen LogP contribution in [-0.4, -0.2) is 29.2 Å². The highest BCUT2D eigenvalue weighted by molar-refractivity contribution is 8.78. The molecule has 2 heterocycles. The molecule has 1 amide bonds. The first-order chi connectivity index (χ1) is 16.8. The molecule has 0 radical (unpaired) electrons. The lowest BCUT2D eigenvalue weighted by Gasteiger charge is -2.21. The average Bonchev–Trinajstić information content (AvgIpc) is 3.38. The van der Waals surface area contributed by atoms with Gasteiger partial charge in [-0.05, 0) is 68.4 Å². The molecule has 0 bridgehead atoms. The lowest BCUT2D eigenvalue weighted by atomic mass is 9.92. The maximum Gasteiger partial charge on any atom is 0.219 e. The Morgan fingerprint density at radius 2 is 1.79 bits per heavy atom. The van der Waals surface area contributed by atoms with Crippen LogP contribution in [-0.2, 0) is 17.6 Å². The standard InChI is InChI=1S/C28H39N3OS2/c32-27(17-9-4-12-22-18-21-33-34-22)29-19-10-2-1-3-11-20-30-28-23-13-5-7-15-25(23)31-26-16-8-6-14-24(26)28/h5,7,13,15,18,21-22H,1-4,6,8-12,14,16-17,19-20H2,(H,29,32)(H,30,31). The molecule has 0 saturated heterocycles. The van der Waals surface area contributed by atoms with Gasteiger partial charge in [0.2, 0.25) is 5.91 Å². The Bertz CT molecular complexity index is 962. The Hall–Kier alpha value is -1.66. The number of nitrogens with one attached hydrogen (secondary N) is 2. The second kappa shape index (κ2) is 14.0. The quantitative estimate of drug-likeness (QED) is 0.210. The minimum absolute atomic E-state index is 0.223. The van der Waals surface area contributed by atoms with Gasteiger partial charge in [-0.2, -0.15) is 0 Å². The van der Waals surface area contributed by atoms with Gasteiger partial charge in [0.15, 0.2) is 0 Å². The third-order valence-electron chi connectivity index (χ3n) is 6.82. The van der Waals surface area contributed by atoms with Crippen molar-refractivity contribution < 1.29 is 4.79 Å². The molecule has 34 heavy (non-hydrogen) atoms. The number of hydrogen-bond acceptors (Lipinski definition) is 5. The van der Waals surface area contributed by atoms with E-state index in [4.69, 9.17) is 4.98 Å². The number of benzene rings is 1. The molecule has 1 aliphatic carbocycles. The Morgan fingerprint density at radius 3 is 2.68 bits per heavy atom. The highest BCUT2D eigenvalue weighted by atomic mass is 33.1. The van der Waals surface area contributed by atoms with Crippen LogP contribution >= 0.6 is 21.6 Å². The number of carbonyl (C=O) groups is 1. The zero-order valence-electron chi connectivity index (χ0n) is 20.3. The second-order valence-electron chi connectivity index (χ2n) is 9.49. The van der Waals surface area contributed by atoms with Crippen molar-refractivity contribution in [3.05, 3.63) is 47.0 Å². The molecule has 1 aromatic heterocycles. The third-order valence-corrected chi connectivity index (χ3v) is 9.24. The maximum atomic E-state index is 12.0. The van der Waals surface area contributed by atoms with Crippen molar-refractivity contribution in [2.75, 3.05) is 18.4 Å². The van der Waals surface area contributed by atoms with E-state index in [1.807, 2.05) is 21.6 Å². The third kappa shape index (κ3) is 7.67. The van der Waals surface area contributed by atoms with E-state index in [1.54, 1.807) is 0 Å². The van der Waals surface area contributed by atoms with E-state index in [0.717, 1.165) is 50.7 Å². The van der Waals surface area contributed by atoms with Crippen LogP contribution in [0.1, 0.15) is 81.9 Å². The van der Waals surface area contributed by atoms with Crippen LogP contribution in [0.5, 0.6) is 0 Å². The SMILES string of the molecule is O=C(CCCCC1C=CSS1)NCCCCCCCNc1c2c(nc3ccccc13)CCCC2. The van der Waals surface area contributed by atoms with Crippen LogP contribution in [0.2, 0.25) is 0 Å². The number of carbonyl (C=O) groups excluding carboxylic acids is 1. The number of anilines is 1. The van der Waals surface area contributed by atoms with Crippen molar-refractivity contribution in [3.63, 3.8) is 0 Å². The molecule has 1 unspecified atom stereocenters. The fourth-order valence-electron chi connectivity index (χ4n) is 4.92. The molecule has 1 aliphatic heterocycles. The highest BCUT2D eigenvalue weighted by Gasteiger charge is 2.17. The van der Waals surface area contributed by atoms with Gasteiger partial charge in [-0.15, -0.1) is 0 Å². The molecule has 2 aliphatic rings. The predicted molar refractivity (Wildman–Crippen MR) is 150 cm³/mol. The Labute approximate surface area is 212 Å². The summed E-state index contributed by atoms with van der Waals surface area (Å²) in [7, 11) is 3.75. The fourth-order valence-corrected chi connectivity index (χ4v) is 7.17. The van der Waals surface area contributed by atoms with Crippen molar-refractivity contribution in [1.82, 2.24) is 10.3 Å². The first kappa shape index (κ1) is 25.4. The summed E-state index contributed by atoms with van der Waals surface area (Å²) in [6.45, 7) is 1.84. The van der Waals surface area contributed by atoms with Gasteiger partial charge in [0, 0.05) is 41.5 Å². The summed E-state index contributed by atoms with van der Waals surface area (Å²) in [5.74, 6) is 0.223. The Morgan fingerprint density at radius 1 is 0.971 bits per heavy atom. The number of aromatic nitrogens is 1. The number of fused-ring (bicyclic) bond motifs is 2. The number of amides is 1. The van der Waals surface area contributed by atoms with Gasteiger partial charge in [-0.25, -0.2) is 0 Å². The van der Waals surface area contributed by atoms with Gasteiger partial charge < -0.3 is 10.6 Å². The molecule has 0 fully saturated rings. The van der Waals surface area contributed by atoms with Crippen molar-refractivity contribution in [1.29, 1.82) is 0 Å². The van der Waals surface area contributed by atoms with Crippen molar-refractivity contribution >= 4 is 44.1 Å². The van der Waals surface area contributed by atoms with E-state index in [1.165, 1.54) is 67.3 Å². The monoisotopic (exact) mass is 497 g/mol. The van der Waals surface area contributed by atoms with E-state index in [9.17, 15) is 4.79 Å². The van der Waals surface area contributed by atoms with Gasteiger partial charge in [-0.3, -0.25) is 9.78 Å². The molecular weight excluding hydrogens is 458 g/mol. The number of nitrogens with zero attached hydrogens (tertiary/aromatic N) is 1. The predicted octanol–water partition coefficient (Wildman–Crippen LogP) is 7.43. The summed E-state index contributed by atoms with van der Waals surface area (Å²) in [5.41, 5.74) is 5.21. The molecule has 4 nitrogen and oxygen atoms in total. The number of unbranched alkanes of at least 4 members (excludes halogenated alkanes) is 5. The summed E-state index contributed by atoms with van der Waals surface area (Å²) in [4.78, 5) is 16.9. The summed E-state index contributed by atoms with van der Waals surface area (Å²) in [5, 5.41) is 11.0. The van der Waals surface area contributed by atoms with E-state index < -0.39 is 0 Å². The van der Waals surface area contributed by atoms with Crippen molar-refractivity contribution in [2.24, 2.45) is 0 Å². The van der Waals surface area contributed by atoms with E-state index in [-0.39, 0.29) is 5.91 Å². The number of rotatable bonds is 14. The summed E-state index contributed by atoms with van der Waals surface area (Å²) in [6, 6.07) is 8.56. The lowest BCUT2D eigenvalue weighted by Crippen LogP contribution is -2.24. The smallest absolute Gasteiger partial charge is 0.219 e. The van der Waals surface area contributed by atoms with Crippen LogP contribution in [0.4, 0.5) is 5.69 Å². The number of hydrogen-bond donors (Lipinski definition) is 2. The first-order valence-electron chi connectivity index (χ1n) is 13.2. The zero-order chi connectivity index (χ0) is 23.4. The molecule has 6 heteroatoms. The van der Waals surface area contributed by atoms with Gasteiger partial charge >= 0.3 is 0 Å². The van der Waals surface area contributed by atoms with Gasteiger partial charge in [0.25, 0.3) is 0 Å². The molecular formula is C28H39N3OS2. The van der Waals surface area contributed by atoms with Crippen LogP contribution < -0.4 is 10.6 Å². The van der Waals surface area contributed by atoms with Gasteiger partial charge in [-0.1, -0.05) is 71.5 Å². The molecule has 4 rings (SSSR count). The van der Waals surface area contributed by atoms with Crippen LogP contribution in [0, 0.1) is 0 Å². The van der Waals surface area contributed by atoms with E-state index in [2.05, 4.69) is 46.4 Å². The molecule has 1 aromatic carbocycles. The topological polar surface area (TPSA) is 54.0 Å². The molecule has 2 aromatic rings. The average molecular weight is 498 g/mol. The van der Waals surface area contributed by atoms with Crippen LogP contribution in [0.15, 0.2) is 35.7 Å². The minimum Gasteiger partial charge on any atom is -0.384 e. The fraction of sp³-hybridized carbons (Fsp3) is 0.571. The molecule has 0 saturated carbocycles. The molecule has 1 atom stereocenters. The normalized spacial score (nSPS) is 17.1. The number of aryl methyl sites for hydroxylation is 1. The van der Waals surface area contributed by atoms with E-state index >= 15 is 0 Å². The van der Waals surface area contributed by atoms with Crippen LogP contribution in [0.25, 0.3) is 10.9 Å². The first-order valence-corrected chi connectivity index (χ1v) is 15.5. The maximum absolute atomic E-state index is 12.0. The summed E-state index contributed by atoms with van der Waals surface area (Å²) in [6.07, 6.45) is 17.0. The number of pyridine rings is 1. The molecule has 2 N–H and O–H groups in total. The van der Waals surface area contributed by atoms with Crippen LogP contribution in [0.3, 0.4) is 0 Å². The summed E-state index contributed by atoms with van der Waals surface area (Å²) >= 11 is 0. The van der Waals surface area contributed by atoms with Gasteiger partial charge in [0.1, 0.15) is 0 Å². The summed E-state index contributed by atoms with van der Waals surface area (Å²) < 4.78 is 0. The van der Waals surface area contributed by atoms with Crippen molar-refractivity contribution in [2.45, 2.75) is 88.7 Å². The Kier molecular flexibility index (Phi) is 10.5. The lowest BCUT2D eigenvalue weighted by molar-refractivity contribution is -0.121. The molecule has 184 valence electrons. The van der Waals surface area contributed by atoms with E-state index in [0.29, 0.717) is 11.7 Å². The highest BCUT2D eigenvalue weighted by Crippen LogP contribution is 2.38. The largest absolute Gasteiger partial charge is 0.384 e. The second-order valence-corrected chi connectivity index (χ2v) is 11.9. The molecule has 0 spiro atoms. The van der Waals surface area contributed by atoms with Crippen molar-refractivity contribution in [3.8, 4) is 0 Å². The number of para-hydroxylation sites is 1. The Balaban J connectivity index is 1.05.